The number of Topliss-reactive ketones (excluding diaryl/α,β-unsaturated/α-hetero) is 1. The van der Waals surface area contributed by atoms with Crippen LogP contribution in [-0.2, 0) is 4.79 Å². The van der Waals surface area contributed by atoms with Gasteiger partial charge in [-0.25, -0.2) is 0 Å². The van der Waals surface area contributed by atoms with Gasteiger partial charge in [-0.05, 0) is 25.2 Å². The molecule has 0 radical (unpaired) electrons. The fraction of sp³-hybridized carbons (Fsp3) is 0.923. The van der Waals surface area contributed by atoms with Crippen molar-refractivity contribution in [2.24, 2.45) is 5.92 Å². The van der Waals surface area contributed by atoms with Crippen molar-refractivity contribution in [2.75, 3.05) is 0 Å². The van der Waals surface area contributed by atoms with E-state index in [4.69, 9.17) is 0 Å². The normalized spacial score (nSPS) is 27.3. The van der Waals surface area contributed by atoms with Crippen molar-refractivity contribution in [1.29, 1.82) is 0 Å². The van der Waals surface area contributed by atoms with Crippen LogP contribution in [0.5, 0.6) is 0 Å². The first-order valence-electron chi connectivity index (χ1n) is 6.51. The lowest BCUT2D eigenvalue weighted by atomic mass is 9.96. The van der Waals surface area contributed by atoms with Crippen molar-refractivity contribution in [2.45, 2.75) is 70.5 Å². The largest absolute Gasteiger partial charge is 0.393 e. The van der Waals surface area contributed by atoms with Gasteiger partial charge in [0.25, 0.3) is 0 Å². The number of aliphatic hydroxyl groups is 2. The number of carbonyl (C=O) groups is 1. The van der Waals surface area contributed by atoms with E-state index in [0.29, 0.717) is 12.8 Å². The number of carbonyl (C=O) groups excluding carboxylic acids is 1. The van der Waals surface area contributed by atoms with E-state index in [1.165, 1.54) is 12.8 Å². The number of ketones is 1. The Morgan fingerprint density at radius 1 is 1.31 bits per heavy atom. The summed E-state index contributed by atoms with van der Waals surface area (Å²) in [5.41, 5.74) is 0. The number of unbranched alkanes of at least 4 members (excludes halogenated alkanes) is 2. The molecule has 0 bridgehead atoms. The summed E-state index contributed by atoms with van der Waals surface area (Å²) in [6.45, 7) is 2.15. The van der Waals surface area contributed by atoms with Crippen LogP contribution in [0, 0.1) is 5.92 Å². The van der Waals surface area contributed by atoms with Gasteiger partial charge in [0.1, 0.15) is 5.78 Å². The van der Waals surface area contributed by atoms with Gasteiger partial charge in [-0.15, -0.1) is 0 Å². The molecule has 2 unspecified atom stereocenters. The first-order chi connectivity index (χ1) is 7.63. The lowest BCUT2D eigenvalue weighted by Gasteiger charge is -2.16. The molecule has 0 aliphatic heterocycles. The van der Waals surface area contributed by atoms with Gasteiger partial charge in [-0.1, -0.05) is 26.2 Å². The summed E-state index contributed by atoms with van der Waals surface area (Å²) in [5, 5.41) is 19.3. The smallest absolute Gasteiger partial charge is 0.135 e. The quantitative estimate of drug-likeness (QED) is 0.656. The van der Waals surface area contributed by atoms with Crippen molar-refractivity contribution in [3.8, 4) is 0 Å². The summed E-state index contributed by atoms with van der Waals surface area (Å²) in [4.78, 5) is 11.1. The summed E-state index contributed by atoms with van der Waals surface area (Å²) in [7, 11) is 0. The van der Waals surface area contributed by atoms with Gasteiger partial charge in [0.2, 0.25) is 0 Å². The van der Waals surface area contributed by atoms with Gasteiger partial charge in [-0.3, -0.25) is 4.79 Å². The Hall–Kier alpha value is -0.410. The molecule has 0 aromatic rings. The van der Waals surface area contributed by atoms with E-state index in [1.807, 2.05) is 0 Å². The van der Waals surface area contributed by atoms with Gasteiger partial charge in [0.05, 0.1) is 12.2 Å². The molecule has 0 amide bonds. The van der Waals surface area contributed by atoms with E-state index in [1.54, 1.807) is 0 Å². The third-order valence-corrected chi connectivity index (χ3v) is 3.48. The highest BCUT2D eigenvalue weighted by Crippen LogP contribution is 2.27. The lowest BCUT2D eigenvalue weighted by Crippen LogP contribution is -2.16. The van der Waals surface area contributed by atoms with Gasteiger partial charge in [0, 0.05) is 12.8 Å². The molecule has 3 atom stereocenters. The van der Waals surface area contributed by atoms with Crippen LogP contribution >= 0.6 is 0 Å². The molecular formula is C13H24O3. The van der Waals surface area contributed by atoms with Gasteiger partial charge in [0.15, 0.2) is 0 Å². The fourth-order valence-corrected chi connectivity index (χ4v) is 2.39. The minimum Gasteiger partial charge on any atom is -0.393 e. The molecule has 16 heavy (non-hydrogen) atoms. The topological polar surface area (TPSA) is 57.5 Å². The van der Waals surface area contributed by atoms with Gasteiger partial charge in [-0.2, -0.15) is 0 Å². The second kappa shape index (κ2) is 7.02. The maximum absolute atomic E-state index is 11.1. The number of hydrogen-bond acceptors (Lipinski definition) is 3. The van der Waals surface area contributed by atoms with Crippen molar-refractivity contribution in [1.82, 2.24) is 0 Å². The molecular weight excluding hydrogens is 204 g/mol. The highest BCUT2D eigenvalue weighted by molar-refractivity contribution is 5.81. The first kappa shape index (κ1) is 13.7. The Labute approximate surface area is 97.9 Å². The highest BCUT2D eigenvalue weighted by atomic mass is 16.3. The van der Waals surface area contributed by atoms with Crippen molar-refractivity contribution >= 4 is 5.78 Å². The zero-order valence-corrected chi connectivity index (χ0v) is 10.2. The third kappa shape index (κ3) is 4.62. The van der Waals surface area contributed by atoms with Crippen LogP contribution in [0.1, 0.15) is 58.3 Å². The molecule has 3 nitrogen and oxygen atoms in total. The predicted molar refractivity (Wildman–Crippen MR) is 63.1 cm³/mol. The first-order valence-corrected chi connectivity index (χ1v) is 6.51. The van der Waals surface area contributed by atoms with E-state index in [-0.39, 0.29) is 17.8 Å². The number of rotatable bonds is 7. The van der Waals surface area contributed by atoms with Gasteiger partial charge >= 0.3 is 0 Å². The molecule has 1 aliphatic carbocycles. The molecule has 1 fully saturated rings. The summed E-state index contributed by atoms with van der Waals surface area (Å²) in [6, 6.07) is 0. The van der Waals surface area contributed by atoms with E-state index in [0.717, 1.165) is 25.7 Å². The molecule has 1 saturated carbocycles. The summed E-state index contributed by atoms with van der Waals surface area (Å²) in [5.74, 6) is 0.256. The number of aliphatic hydroxyl groups excluding tert-OH is 2. The molecule has 0 aromatic heterocycles. The molecule has 0 heterocycles. The van der Waals surface area contributed by atoms with E-state index < -0.39 is 6.10 Å². The molecule has 1 rings (SSSR count). The van der Waals surface area contributed by atoms with Crippen molar-refractivity contribution in [3.05, 3.63) is 0 Å². The summed E-state index contributed by atoms with van der Waals surface area (Å²) >= 11 is 0. The average molecular weight is 228 g/mol. The van der Waals surface area contributed by atoms with Crippen LogP contribution in [0.3, 0.4) is 0 Å². The van der Waals surface area contributed by atoms with Crippen LogP contribution < -0.4 is 0 Å². The zero-order chi connectivity index (χ0) is 12.0. The third-order valence-electron chi connectivity index (χ3n) is 3.48. The molecule has 0 saturated heterocycles. The summed E-state index contributed by atoms with van der Waals surface area (Å²) in [6.07, 6.45) is 5.86. The Morgan fingerprint density at radius 2 is 2.06 bits per heavy atom. The second-order valence-electron chi connectivity index (χ2n) is 5.00. The SMILES string of the molecule is CCCCCC(O)CC[C@@H]1CC(=O)CC1O. The zero-order valence-electron chi connectivity index (χ0n) is 10.2. The van der Waals surface area contributed by atoms with Gasteiger partial charge < -0.3 is 10.2 Å². The molecule has 2 N–H and O–H groups in total. The molecule has 3 heteroatoms. The van der Waals surface area contributed by atoms with E-state index in [2.05, 4.69) is 6.92 Å². The molecule has 94 valence electrons. The molecule has 1 aliphatic rings. The van der Waals surface area contributed by atoms with E-state index >= 15 is 0 Å². The maximum Gasteiger partial charge on any atom is 0.135 e. The number of hydrogen-bond donors (Lipinski definition) is 2. The van der Waals surface area contributed by atoms with Crippen molar-refractivity contribution in [3.63, 3.8) is 0 Å². The standard InChI is InChI=1S/C13H24O3/c1-2-3-4-5-11(14)7-6-10-8-12(15)9-13(10)16/h10-11,13-14,16H,2-9H2,1H3/t10-,11?,13?/m1/s1. The Morgan fingerprint density at radius 3 is 2.62 bits per heavy atom. The molecule has 0 spiro atoms. The van der Waals surface area contributed by atoms with Crippen LogP contribution in [0.2, 0.25) is 0 Å². The Bertz CT molecular complexity index is 215. The van der Waals surface area contributed by atoms with Crippen LogP contribution in [0.15, 0.2) is 0 Å². The second-order valence-corrected chi connectivity index (χ2v) is 5.00. The Balaban J connectivity index is 2.11. The fourth-order valence-electron chi connectivity index (χ4n) is 2.39. The van der Waals surface area contributed by atoms with Crippen LogP contribution in [0.4, 0.5) is 0 Å². The Kier molecular flexibility index (Phi) is 5.99. The molecule has 0 aromatic carbocycles. The van der Waals surface area contributed by atoms with Crippen molar-refractivity contribution < 1.29 is 15.0 Å². The summed E-state index contributed by atoms with van der Waals surface area (Å²) < 4.78 is 0. The maximum atomic E-state index is 11.1. The highest BCUT2D eigenvalue weighted by Gasteiger charge is 2.31. The van der Waals surface area contributed by atoms with Crippen LogP contribution in [0.25, 0.3) is 0 Å². The minimum absolute atomic E-state index is 0.0910. The monoisotopic (exact) mass is 228 g/mol. The van der Waals surface area contributed by atoms with E-state index in [9.17, 15) is 15.0 Å². The predicted octanol–water partition coefficient (Wildman–Crippen LogP) is 2.05. The average Bonchev–Trinajstić information content (AvgIpc) is 2.55. The lowest BCUT2D eigenvalue weighted by molar-refractivity contribution is -0.118. The van der Waals surface area contributed by atoms with Crippen LogP contribution in [-0.4, -0.2) is 28.2 Å². The minimum atomic E-state index is -0.463.